The van der Waals surface area contributed by atoms with E-state index in [0.29, 0.717) is 18.7 Å². The van der Waals surface area contributed by atoms with Crippen molar-refractivity contribution in [3.05, 3.63) is 70.3 Å². The van der Waals surface area contributed by atoms with Crippen molar-refractivity contribution in [1.29, 1.82) is 0 Å². The number of amides is 1. The predicted molar refractivity (Wildman–Crippen MR) is 92.6 cm³/mol. The van der Waals surface area contributed by atoms with E-state index in [1.165, 1.54) is 0 Å². The normalized spacial score (nSPS) is 17.1. The molecule has 0 aromatic heterocycles. The SMILES string of the molecule is Cc1cccc(C(=O)N2CCC(c3ccccc3C(=O)O)C2)c1C. The van der Waals surface area contributed by atoms with E-state index in [4.69, 9.17) is 0 Å². The minimum Gasteiger partial charge on any atom is -0.478 e. The molecule has 1 atom stereocenters. The highest BCUT2D eigenvalue weighted by Crippen LogP contribution is 2.31. The van der Waals surface area contributed by atoms with Crippen LogP contribution in [0.2, 0.25) is 0 Å². The Labute approximate surface area is 141 Å². The van der Waals surface area contributed by atoms with E-state index in [9.17, 15) is 14.7 Å². The number of hydrogen-bond donors (Lipinski definition) is 1. The number of rotatable bonds is 3. The number of carbonyl (C=O) groups excluding carboxylic acids is 1. The van der Waals surface area contributed by atoms with Gasteiger partial charge < -0.3 is 10.0 Å². The Morgan fingerprint density at radius 2 is 1.75 bits per heavy atom. The highest BCUT2D eigenvalue weighted by molar-refractivity contribution is 5.96. The summed E-state index contributed by atoms with van der Waals surface area (Å²) in [6, 6.07) is 12.9. The topological polar surface area (TPSA) is 57.6 Å². The molecule has 0 aliphatic carbocycles. The fourth-order valence-electron chi connectivity index (χ4n) is 3.40. The zero-order chi connectivity index (χ0) is 17.3. The van der Waals surface area contributed by atoms with Crippen LogP contribution < -0.4 is 0 Å². The van der Waals surface area contributed by atoms with Crippen molar-refractivity contribution >= 4 is 11.9 Å². The van der Waals surface area contributed by atoms with Crippen molar-refractivity contribution in [3.63, 3.8) is 0 Å². The van der Waals surface area contributed by atoms with Gasteiger partial charge in [-0.3, -0.25) is 4.79 Å². The number of aryl methyl sites for hydroxylation is 1. The van der Waals surface area contributed by atoms with E-state index in [-0.39, 0.29) is 11.8 Å². The van der Waals surface area contributed by atoms with E-state index >= 15 is 0 Å². The lowest BCUT2D eigenvalue weighted by Crippen LogP contribution is -2.29. The van der Waals surface area contributed by atoms with Gasteiger partial charge in [0.15, 0.2) is 0 Å². The number of benzene rings is 2. The summed E-state index contributed by atoms with van der Waals surface area (Å²) in [7, 11) is 0. The maximum Gasteiger partial charge on any atom is 0.335 e. The molecule has 1 unspecified atom stereocenters. The lowest BCUT2D eigenvalue weighted by Gasteiger charge is -2.19. The van der Waals surface area contributed by atoms with Crippen molar-refractivity contribution in [2.75, 3.05) is 13.1 Å². The number of aromatic carboxylic acids is 1. The number of hydrogen-bond acceptors (Lipinski definition) is 2. The summed E-state index contributed by atoms with van der Waals surface area (Å²) in [5.74, 6) is -0.803. The molecule has 1 fully saturated rings. The van der Waals surface area contributed by atoms with Crippen LogP contribution in [0.4, 0.5) is 0 Å². The molecule has 24 heavy (non-hydrogen) atoms. The number of carboxylic acid groups (broad SMARTS) is 1. The van der Waals surface area contributed by atoms with Crippen molar-refractivity contribution in [2.24, 2.45) is 0 Å². The summed E-state index contributed by atoms with van der Waals surface area (Å²) in [5, 5.41) is 9.37. The first kappa shape index (κ1) is 16.2. The molecule has 0 radical (unpaired) electrons. The monoisotopic (exact) mass is 323 g/mol. The average molecular weight is 323 g/mol. The summed E-state index contributed by atoms with van der Waals surface area (Å²) in [4.78, 5) is 26.1. The molecule has 4 heteroatoms. The minimum atomic E-state index is -0.912. The van der Waals surface area contributed by atoms with Crippen LogP contribution in [0.15, 0.2) is 42.5 Å². The van der Waals surface area contributed by atoms with Crippen LogP contribution in [0, 0.1) is 13.8 Å². The molecule has 1 aliphatic heterocycles. The molecule has 0 saturated carbocycles. The van der Waals surface area contributed by atoms with Gasteiger partial charge in [0.05, 0.1) is 5.56 Å². The van der Waals surface area contributed by atoms with Gasteiger partial charge in [0.1, 0.15) is 0 Å². The quantitative estimate of drug-likeness (QED) is 0.938. The average Bonchev–Trinajstić information content (AvgIpc) is 3.06. The third-order valence-corrected chi connectivity index (χ3v) is 4.94. The van der Waals surface area contributed by atoms with Crippen LogP contribution in [0.5, 0.6) is 0 Å². The molecule has 2 aromatic rings. The van der Waals surface area contributed by atoms with E-state index in [0.717, 1.165) is 28.7 Å². The van der Waals surface area contributed by atoms with Crippen LogP contribution in [0.3, 0.4) is 0 Å². The third-order valence-electron chi connectivity index (χ3n) is 4.94. The highest BCUT2D eigenvalue weighted by atomic mass is 16.4. The minimum absolute atomic E-state index is 0.0338. The fourth-order valence-corrected chi connectivity index (χ4v) is 3.40. The predicted octanol–water partition coefficient (Wildman–Crippen LogP) is 3.63. The van der Waals surface area contributed by atoms with Gasteiger partial charge in [0.2, 0.25) is 0 Å². The molecule has 1 N–H and O–H groups in total. The summed E-state index contributed by atoms with van der Waals surface area (Å²) >= 11 is 0. The number of carbonyl (C=O) groups is 2. The highest BCUT2D eigenvalue weighted by Gasteiger charge is 2.30. The summed E-state index contributed by atoms with van der Waals surface area (Å²) in [6.07, 6.45) is 0.793. The molecular formula is C20H21NO3. The van der Waals surface area contributed by atoms with E-state index in [2.05, 4.69) is 0 Å². The first-order chi connectivity index (χ1) is 11.5. The van der Waals surface area contributed by atoms with E-state index in [1.54, 1.807) is 12.1 Å². The Kier molecular flexibility index (Phi) is 4.38. The number of nitrogens with zero attached hydrogens (tertiary/aromatic N) is 1. The number of likely N-dealkylation sites (tertiary alicyclic amines) is 1. The Morgan fingerprint density at radius 3 is 2.50 bits per heavy atom. The molecule has 3 rings (SSSR count). The molecule has 124 valence electrons. The van der Waals surface area contributed by atoms with Crippen LogP contribution in [-0.4, -0.2) is 35.0 Å². The molecule has 4 nitrogen and oxygen atoms in total. The van der Waals surface area contributed by atoms with E-state index in [1.807, 2.05) is 49.1 Å². The van der Waals surface area contributed by atoms with Gasteiger partial charge in [-0.15, -0.1) is 0 Å². The Hall–Kier alpha value is -2.62. The van der Waals surface area contributed by atoms with Crippen LogP contribution >= 0.6 is 0 Å². The lowest BCUT2D eigenvalue weighted by atomic mass is 9.93. The van der Waals surface area contributed by atoms with Gasteiger partial charge in [0, 0.05) is 24.6 Å². The van der Waals surface area contributed by atoms with Crippen molar-refractivity contribution in [1.82, 2.24) is 4.90 Å². The smallest absolute Gasteiger partial charge is 0.335 e. The van der Waals surface area contributed by atoms with Gasteiger partial charge in [-0.2, -0.15) is 0 Å². The van der Waals surface area contributed by atoms with Gasteiger partial charge >= 0.3 is 5.97 Å². The zero-order valence-electron chi connectivity index (χ0n) is 14.0. The second-order valence-corrected chi connectivity index (χ2v) is 6.38. The molecule has 0 bridgehead atoms. The van der Waals surface area contributed by atoms with Crippen molar-refractivity contribution in [2.45, 2.75) is 26.2 Å². The van der Waals surface area contributed by atoms with Crippen molar-refractivity contribution < 1.29 is 14.7 Å². The molecule has 0 spiro atoms. The standard InChI is InChI=1S/C20H21NO3/c1-13-6-5-9-16(14(13)2)19(22)21-11-10-15(12-21)17-7-3-4-8-18(17)20(23)24/h3-9,15H,10-12H2,1-2H3,(H,23,24). The van der Waals surface area contributed by atoms with Crippen LogP contribution in [-0.2, 0) is 0 Å². The van der Waals surface area contributed by atoms with Gasteiger partial charge in [-0.05, 0) is 49.1 Å². The first-order valence-electron chi connectivity index (χ1n) is 8.16. The molecular weight excluding hydrogens is 302 g/mol. The first-order valence-corrected chi connectivity index (χ1v) is 8.16. The number of carboxylic acids is 1. The van der Waals surface area contributed by atoms with Crippen LogP contribution in [0.1, 0.15) is 49.7 Å². The van der Waals surface area contributed by atoms with Gasteiger partial charge in [-0.25, -0.2) is 4.79 Å². The third kappa shape index (κ3) is 2.92. The van der Waals surface area contributed by atoms with E-state index < -0.39 is 5.97 Å². The molecule has 2 aromatic carbocycles. The zero-order valence-corrected chi connectivity index (χ0v) is 14.0. The fraction of sp³-hybridized carbons (Fsp3) is 0.300. The second kappa shape index (κ2) is 6.48. The largest absolute Gasteiger partial charge is 0.478 e. The maximum absolute atomic E-state index is 12.8. The molecule has 1 amide bonds. The maximum atomic E-state index is 12.8. The summed E-state index contributed by atoms with van der Waals surface area (Å²) in [6.45, 7) is 5.19. The summed E-state index contributed by atoms with van der Waals surface area (Å²) in [5.41, 5.74) is 4.01. The molecule has 1 saturated heterocycles. The van der Waals surface area contributed by atoms with Gasteiger partial charge in [0.25, 0.3) is 5.91 Å². The second-order valence-electron chi connectivity index (χ2n) is 6.38. The molecule has 1 heterocycles. The Bertz CT molecular complexity index is 797. The Morgan fingerprint density at radius 1 is 1.04 bits per heavy atom. The van der Waals surface area contributed by atoms with Crippen LogP contribution in [0.25, 0.3) is 0 Å². The summed E-state index contributed by atoms with van der Waals surface area (Å²) < 4.78 is 0. The van der Waals surface area contributed by atoms with Crippen molar-refractivity contribution in [3.8, 4) is 0 Å². The Balaban J connectivity index is 1.82. The lowest BCUT2D eigenvalue weighted by molar-refractivity contribution is 0.0695. The molecule has 1 aliphatic rings. The van der Waals surface area contributed by atoms with Gasteiger partial charge in [-0.1, -0.05) is 30.3 Å².